The van der Waals surface area contributed by atoms with E-state index in [1.54, 1.807) is 6.92 Å². The Balaban J connectivity index is 1.39. The highest BCUT2D eigenvalue weighted by atomic mass is 16.6. The SMILES string of the molecule is CC1OC2CC(=O)OC2c2c1c(O)c1cc(-c3cc(=O)c4c(=O)c5c(c(=O)c=4c3=O)C(C)OC3CC(=O)OC53)cc(O)c1c2O. The first-order valence-electron chi connectivity index (χ1n) is 14.2. The average Bonchev–Trinajstić information content (AvgIpc) is 3.53. The van der Waals surface area contributed by atoms with E-state index in [4.69, 9.17) is 18.9 Å². The van der Waals surface area contributed by atoms with Gasteiger partial charge in [0.25, 0.3) is 0 Å². The van der Waals surface area contributed by atoms with Gasteiger partial charge in [0.2, 0.25) is 0 Å². The molecule has 6 aliphatic rings. The third kappa shape index (κ3) is 3.50. The van der Waals surface area contributed by atoms with Gasteiger partial charge in [-0.25, -0.2) is 0 Å². The van der Waals surface area contributed by atoms with E-state index in [0.717, 1.165) is 12.1 Å². The molecule has 6 unspecified atom stereocenters. The summed E-state index contributed by atoms with van der Waals surface area (Å²) in [6, 6.07) is 3.19. The Morgan fingerprint density at radius 2 is 1.22 bits per heavy atom. The number of ether oxygens (including phenoxy) is 4. The van der Waals surface area contributed by atoms with Gasteiger partial charge in [-0.05, 0) is 37.6 Å². The molecule has 2 saturated heterocycles. The number of carbonyl (C=O) groups is 2. The van der Waals surface area contributed by atoms with Gasteiger partial charge in [-0.2, -0.15) is 0 Å². The molecular formula is C32H22O13. The van der Waals surface area contributed by atoms with Gasteiger partial charge in [-0.3, -0.25) is 28.8 Å². The molecule has 8 rings (SSSR count). The van der Waals surface area contributed by atoms with Gasteiger partial charge in [0.15, 0.2) is 33.9 Å². The molecule has 0 saturated carbocycles. The summed E-state index contributed by atoms with van der Waals surface area (Å²) in [5.41, 5.74) is -4.32. The van der Waals surface area contributed by atoms with Crippen LogP contribution < -0.4 is 21.7 Å². The van der Waals surface area contributed by atoms with Gasteiger partial charge in [-0.15, -0.1) is 0 Å². The maximum atomic E-state index is 13.9. The van der Waals surface area contributed by atoms with Crippen LogP contribution in [0.2, 0.25) is 0 Å². The van der Waals surface area contributed by atoms with Crippen LogP contribution in [0, 0.1) is 10.4 Å². The largest absolute Gasteiger partial charge is 0.507 e. The van der Waals surface area contributed by atoms with Crippen molar-refractivity contribution in [2.24, 2.45) is 0 Å². The number of hydrogen-bond donors (Lipinski definition) is 3. The van der Waals surface area contributed by atoms with Crippen molar-refractivity contribution in [3.8, 4) is 28.4 Å². The monoisotopic (exact) mass is 614 g/mol. The number of phenolic OH excluding ortho intramolecular Hbond substituents is 3. The van der Waals surface area contributed by atoms with E-state index in [0.29, 0.717) is 0 Å². The number of aromatic hydroxyl groups is 3. The van der Waals surface area contributed by atoms with Gasteiger partial charge in [0, 0.05) is 27.6 Å². The predicted octanol–water partition coefficient (Wildman–Crippen LogP) is 1.56. The van der Waals surface area contributed by atoms with E-state index in [9.17, 15) is 44.1 Å². The number of phenols is 3. The van der Waals surface area contributed by atoms with Crippen molar-refractivity contribution in [1.82, 2.24) is 0 Å². The Morgan fingerprint density at radius 3 is 1.87 bits per heavy atom. The molecule has 6 atom stereocenters. The minimum absolute atomic E-state index is 0.0589. The highest BCUT2D eigenvalue weighted by Gasteiger charge is 2.48. The molecule has 45 heavy (non-hydrogen) atoms. The van der Waals surface area contributed by atoms with Crippen LogP contribution in [0.4, 0.5) is 0 Å². The molecule has 4 aliphatic heterocycles. The molecule has 228 valence electrons. The average molecular weight is 615 g/mol. The molecule has 13 nitrogen and oxygen atoms in total. The van der Waals surface area contributed by atoms with E-state index in [1.807, 2.05) is 0 Å². The molecule has 13 heteroatoms. The summed E-state index contributed by atoms with van der Waals surface area (Å²) in [5, 5.41) is 32.1. The Morgan fingerprint density at radius 1 is 0.644 bits per heavy atom. The van der Waals surface area contributed by atoms with E-state index in [1.165, 1.54) is 13.0 Å². The molecule has 3 N–H and O–H groups in total. The van der Waals surface area contributed by atoms with Gasteiger partial charge < -0.3 is 34.3 Å². The smallest absolute Gasteiger partial charge is 0.309 e. The van der Waals surface area contributed by atoms with Crippen LogP contribution in [0.3, 0.4) is 0 Å². The molecule has 2 fully saturated rings. The summed E-state index contributed by atoms with van der Waals surface area (Å²) in [5.74, 6) is -2.65. The molecular weight excluding hydrogens is 592 g/mol. The fourth-order valence-corrected chi connectivity index (χ4v) is 7.41. The Kier molecular flexibility index (Phi) is 5.46. The molecule has 2 aliphatic carbocycles. The maximum Gasteiger partial charge on any atom is 0.309 e. The lowest BCUT2D eigenvalue weighted by Crippen LogP contribution is -2.40. The Hall–Kier alpha value is -5.14. The summed E-state index contributed by atoms with van der Waals surface area (Å²) < 4.78 is 22.2. The summed E-state index contributed by atoms with van der Waals surface area (Å²) in [4.78, 5) is 78.7. The third-order valence-corrected chi connectivity index (χ3v) is 9.27. The molecule has 2 aromatic carbocycles. The molecule has 0 amide bonds. The first-order chi connectivity index (χ1) is 21.4. The van der Waals surface area contributed by atoms with Gasteiger partial charge in [0.05, 0.1) is 46.4 Å². The fraction of sp³-hybridized carbons (Fsp3) is 0.312. The van der Waals surface area contributed by atoms with E-state index < -0.39 is 98.0 Å². The standard InChI is InChI=1S/C32H22O13/c1-8-19-24(31-15(42-8)6-17(35)44-31)29(40)21-12(27(19)38)3-10(4-13(21)33)11-5-14(34)22-23(26(11)37)28(39)20-9(2)43-16-7-18(36)45-32(16)25(20)30(22)41/h3-5,8-9,15-16,31-33,38,40H,6-7H2,1-2H3. The zero-order chi connectivity index (χ0) is 31.8. The molecule has 2 aromatic rings. The van der Waals surface area contributed by atoms with Crippen LogP contribution in [-0.2, 0) is 28.5 Å². The first kappa shape index (κ1) is 27.4. The maximum absolute atomic E-state index is 13.9. The minimum atomic E-state index is -1.18. The first-order valence-corrected chi connectivity index (χ1v) is 14.2. The lowest BCUT2D eigenvalue weighted by molar-refractivity contribution is -0.144. The Bertz CT molecular complexity index is 2350. The second kappa shape index (κ2) is 8.96. The summed E-state index contributed by atoms with van der Waals surface area (Å²) >= 11 is 0. The highest BCUT2D eigenvalue weighted by molar-refractivity contribution is 6.02. The molecule has 0 bridgehead atoms. The number of fused-ring (bicyclic) bond motifs is 7. The van der Waals surface area contributed by atoms with Crippen molar-refractivity contribution in [3.63, 3.8) is 0 Å². The van der Waals surface area contributed by atoms with E-state index in [2.05, 4.69) is 0 Å². The number of carbonyl (C=O) groups excluding carboxylic acids is 2. The van der Waals surface area contributed by atoms with Crippen molar-refractivity contribution >= 4 is 22.7 Å². The van der Waals surface area contributed by atoms with Crippen molar-refractivity contribution in [1.29, 1.82) is 0 Å². The number of esters is 2. The van der Waals surface area contributed by atoms with Crippen LogP contribution in [0.5, 0.6) is 17.2 Å². The molecule has 0 aromatic heterocycles. The third-order valence-electron chi connectivity index (χ3n) is 9.27. The summed E-state index contributed by atoms with van der Waals surface area (Å²) in [6.45, 7) is 3.10. The van der Waals surface area contributed by atoms with Crippen LogP contribution >= 0.6 is 0 Å². The fourth-order valence-electron chi connectivity index (χ4n) is 7.41. The quantitative estimate of drug-likeness (QED) is 0.206. The van der Waals surface area contributed by atoms with Gasteiger partial charge >= 0.3 is 11.9 Å². The minimum Gasteiger partial charge on any atom is -0.507 e. The second-order valence-corrected chi connectivity index (χ2v) is 11.8. The van der Waals surface area contributed by atoms with Crippen LogP contribution in [0.15, 0.2) is 37.4 Å². The van der Waals surface area contributed by atoms with Crippen molar-refractivity contribution in [2.45, 2.75) is 63.3 Å². The normalized spacial score (nSPS) is 26.7. The second-order valence-electron chi connectivity index (χ2n) is 11.8. The lowest BCUT2D eigenvalue weighted by atomic mass is 9.86. The van der Waals surface area contributed by atoms with Crippen LogP contribution in [0.25, 0.3) is 21.9 Å². The van der Waals surface area contributed by atoms with Crippen molar-refractivity contribution in [2.75, 3.05) is 0 Å². The zero-order valence-corrected chi connectivity index (χ0v) is 23.5. The van der Waals surface area contributed by atoms with E-state index in [-0.39, 0.29) is 57.0 Å². The van der Waals surface area contributed by atoms with E-state index >= 15 is 0 Å². The van der Waals surface area contributed by atoms with Crippen LogP contribution in [-0.4, -0.2) is 39.5 Å². The predicted molar refractivity (Wildman–Crippen MR) is 151 cm³/mol. The zero-order valence-electron chi connectivity index (χ0n) is 23.5. The van der Waals surface area contributed by atoms with Crippen molar-refractivity contribution in [3.05, 3.63) is 91.8 Å². The van der Waals surface area contributed by atoms with Gasteiger partial charge in [0.1, 0.15) is 29.5 Å². The summed E-state index contributed by atoms with van der Waals surface area (Å²) in [6.07, 6.45) is -5.70. The number of hydrogen-bond acceptors (Lipinski definition) is 13. The molecule has 4 heterocycles. The number of benzene rings is 2. The van der Waals surface area contributed by atoms with Crippen LogP contribution in [0.1, 0.15) is 73.4 Å². The highest BCUT2D eigenvalue weighted by Crippen LogP contribution is 2.55. The van der Waals surface area contributed by atoms with Crippen molar-refractivity contribution < 1.29 is 43.9 Å². The number of rotatable bonds is 1. The topological polar surface area (TPSA) is 200 Å². The Labute approximate surface area is 250 Å². The summed E-state index contributed by atoms with van der Waals surface area (Å²) in [7, 11) is 0. The lowest BCUT2D eigenvalue weighted by Gasteiger charge is -2.33. The molecule has 0 spiro atoms. The molecule has 0 radical (unpaired) electrons. The van der Waals surface area contributed by atoms with Gasteiger partial charge in [-0.1, -0.05) is 0 Å².